The number of amides is 2. The zero-order valence-electron chi connectivity index (χ0n) is 14.1. The third-order valence-electron chi connectivity index (χ3n) is 0.167. The Morgan fingerprint density at radius 3 is 0.625 bits per heavy atom. The minimum absolute atomic E-state index is 0.597. The first kappa shape index (κ1) is 37.4. The summed E-state index contributed by atoms with van der Waals surface area (Å²) in [6, 6.07) is -0.833. The van der Waals surface area contributed by atoms with Crippen molar-refractivity contribution in [1.82, 2.24) is 0 Å². The Balaban J connectivity index is -0.0000000405. The zero-order chi connectivity index (χ0) is 21.3. The lowest BCUT2D eigenvalue weighted by Gasteiger charge is -1.72. The Kier molecular flexibility index (Phi) is 57.4. The normalized spacial score (nSPS) is 6.42. The van der Waals surface area contributed by atoms with Gasteiger partial charge in [0.2, 0.25) is 0 Å². The quantitative estimate of drug-likeness (QED) is 0.260. The Bertz CT molecular complexity index is 244. The molecular weight excluding hydrogens is 332 g/mol. The molecule has 0 aromatic carbocycles. The average Bonchev–Trinajstić information content (AvgIpc) is 2.24. The summed E-state index contributed by atoms with van der Waals surface area (Å²) in [5.74, 6) is -3.33. The average molecular weight is 360 g/mol. The molecule has 0 aliphatic rings. The molecule has 13 nitrogen and oxygen atoms in total. The molecule has 0 saturated carbocycles. The van der Waals surface area contributed by atoms with E-state index in [0.717, 1.165) is 27.7 Å². The summed E-state index contributed by atoms with van der Waals surface area (Å²) in [5, 5.41) is 29.7. The van der Waals surface area contributed by atoms with Crippen molar-refractivity contribution in [3.63, 3.8) is 0 Å². The van der Waals surface area contributed by atoms with Crippen LogP contribution in [0.25, 0.3) is 0 Å². The number of hydrogen-bond donors (Lipinski definition) is 8. The van der Waals surface area contributed by atoms with E-state index in [1.54, 1.807) is 0 Å². The van der Waals surface area contributed by atoms with Crippen molar-refractivity contribution in [2.24, 2.45) is 22.9 Å². The highest BCUT2D eigenvalue weighted by Crippen LogP contribution is 1.43. The second kappa shape index (κ2) is 36.9. The van der Waals surface area contributed by atoms with Crippen molar-refractivity contribution < 1.29 is 44.4 Å². The van der Waals surface area contributed by atoms with Crippen LogP contribution in [0.2, 0.25) is 0 Å². The van der Waals surface area contributed by atoms with Crippen molar-refractivity contribution in [2.75, 3.05) is 13.1 Å². The van der Waals surface area contributed by atoms with Crippen LogP contribution in [0.3, 0.4) is 0 Å². The number of carboxylic acid groups (broad SMARTS) is 4. The second-order valence-corrected chi connectivity index (χ2v) is 3.06. The van der Waals surface area contributed by atoms with Crippen LogP contribution < -0.4 is 22.9 Å². The van der Waals surface area contributed by atoms with Crippen molar-refractivity contribution >= 4 is 29.9 Å². The van der Waals surface area contributed by atoms with Crippen molar-refractivity contribution in [3.05, 3.63) is 0 Å². The molecule has 0 radical (unpaired) electrons. The van der Waals surface area contributed by atoms with E-state index in [4.69, 9.17) is 55.9 Å². The van der Waals surface area contributed by atoms with Crippen molar-refractivity contribution in [2.45, 2.75) is 27.7 Å². The van der Waals surface area contributed by atoms with Gasteiger partial charge in [-0.15, -0.1) is 0 Å². The van der Waals surface area contributed by atoms with E-state index in [1.807, 2.05) is 0 Å². The number of carbonyl (C=O) groups is 5. The molecule has 0 aliphatic heterocycles. The molecule has 12 N–H and O–H groups in total. The summed E-state index contributed by atoms with van der Waals surface area (Å²) in [6.07, 6.45) is 0. The largest absolute Gasteiger partial charge is 0.481 e. The maximum atomic E-state index is 9.00. The maximum Gasteiger partial charge on any atom is 0.309 e. The third kappa shape index (κ3) is 1670. The highest BCUT2D eigenvalue weighted by molar-refractivity contribution is 5.69. The van der Waals surface area contributed by atoms with Gasteiger partial charge in [0, 0.05) is 40.8 Å². The molecule has 2 amide bonds. The lowest BCUT2D eigenvalue weighted by Crippen LogP contribution is -2.18. The fraction of sp³-hybridized carbons (Fsp3) is 0.545. The first-order chi connectivity index (χ1) is 10.6. The summed E-state index contributed by atoms with van der Waals surface area (Å²) < 4.78 is 0. The maximum absolute atomic E-state index is 9.00. The molecule has 0 aromatic heterocycles. The molecule has 0 spiro atoms. The van der Waals surface area contributed by atoms with Gasteiger partial charge in [0.1, 0.15) is 0 Å². The summed E-state index contributed by atoms with van der Waals surface area (Å²) >= 11 is 0. The minimum atomic E-state index is -0.833. The predicted octanol–water partition coefficient (Wildman–Crippen LogP) is -1.71. The summed E-state index contributed by atoms with van der Waals surface area (Å²) in [5.41, 5.74) is 18.3. The van der Waals surface area contributed by atoms with Crippen LogP contribution in [-0.2, 0) is 19.2 Å². The SMILES string of the molecule is CC(=O)O.CC(=O)O.CC(=O)O.CC(=O)O.NC(N)=O.NCCN. The van der Waals surface area contributed by atoms with Crippen LogP contribution in [0.15, 0.2) is 0 Å². The minimum Gasteiger partial charge on any atom is -0.481 e. The number of rotatable bonds is 1. The summed E-state index contributed by atoms with van der Waals surface area (Å²) in [4.78, 5) is 45.0. The van der Waals surface area contributed by atoms with Gasteiger partial charge in [-0.25, -0.2) is 4.79 Å². The first-order valence-electron chi connectivity index (χ1n) is 5.81. The number of aliphatic carboxylic acids is 4. The molecule has 0 saturated heterocycles. The zero-order valence-corrected chi connectivity index (χ0v) is 14.1. The van der Waals surface area contributed by atoms with E-state index >= 15 is 0 Å². The van der Waals surface area contributed by atoms with Crippen LogP contribution in [0.4, 0.5) is 4.79 Å². The molecule has 0 aromatic rings. The Labute approximate surface area is 139 Å². The molecular formula is C11H28N4O9. The number of nitrogens with two attached hydrogens (primary N) is 4. The van der Waals surface area contributed by atoms with Crippen molar-refractivity contribution in [1.29, 1.82) is 0 Å². The van der Waals surface area contributed by atoms with Gasteiger partial charge in [-0.3, -0.25) is 19.2 Å². The molecule has 0 atom stereocenters. The molecule has 24 heavy (non-hydrogen) atoms. The molecule has 0 rings (SSSR count). The topological polar surface area (TPSA) is 270 Å². The fourth-order valence-electron chi connectivity index (χ4n) is 0. The number of urea groups is 1. The van der Waals surface area contributed by atoms with Gasteiger partial charge in [-0.2, -0.15) is 0 Å². The third-order valence-corrected chi connectivity index (χ3v) is 0.167. The van der Waals surface area contributed by atoms with Gasteiger partial charge in [-0.1, -0.05) is 0 Å². The van der Waals surface area contributed by atoms with Crippen LogP contribution in [0.1, 0.15) is 27.7 Å². The van der Waals surface area contributed by atoms with E-state index in [2.05, 4.69) is 11.5 Å². The van der Waals surface area contributed by atoms with E-state index in [1.165, 1.54) is 0 Å². The van der Waals surface area contributed by atoms with Gasteiger partial charge < -0.3 is 43.4 Å². The van der Waals surface area contributed by atoms with Crippen LogP contribution in [-0.4, -0.2) is 63.4 Å². The molecule has 0 unspecified atom stereocenters. The van der Waals surface area contributed by atoms with E-state index < -0.39 is 29.9 Å². The number of carboxylic acids is 4. The van der Waals surface area contributed by atoms with Gasteiger partial charge in [0.15, 0.2) is 0 Å². The van der Waals surface area contributed by atoms with Crippen LogP contribution in [0.5, 0.6) is 0 Å². The van der Waals surface area contributed by atoms with E-state index in [9.17, 15) is 0 Å². The van der Waals surface area contributed by atoms with Crippen LogP contribution in [0, 0.1) is 0 Å². The van der Waals surface area contributed by atoms with E-state index in [-0.39, 0.29) is 0 Å². The highest BCUT2D eigenvalue weighted by Gasteiger charge is 1.66. The smallest absolute Gasteiger partial charge is 0.309 e. The molecule has 146 valence electrons. The molecule has 0 aliphatic carbocycles. The van der Waals surface area contributed by atoms with Crippen molar-refractivity contribution in [3.8, 4) is 0 Å². The lowest BCUT2D eigenvalue weighted by molar-refractivity contribution is -0.135. The van der Waals surface area contributed by atoms with Crippen LogP contribution >= 0.6 is 0 Å². The van der Waals surface area contributed by atoms with Gasteiger partial charge in [0.25, 0.3) is 23.9 Å². The molecule has 13 heteroatoms. The summed E-state index contributed by atoms with van der Waals surface area (Å²) in [7, 11) is 0. The Hall–Kier alpha value is -2.93. The number of hydrogen-bond acceptors (Lipinski definition) is 7. The Morgan fingerprint density at radius 1 is 0.583 bits per heavy atom. The van der Waals surface area contributed by atoms with Gasteiger partial charge in [0.05, 0.1) is 0 Å². The fourth-order valence-corrected chi connectivity index (χ4v) is 0. The number of primary amides is 2. The predicted molar refractivity (Wildman–Crippen MR) is 85.1 cm³/mol. The monoisotopic (exact) mass is 360 g/mol. The Morgan fingerprint density at radius 2 is 0.625 bits per heavy atom. The van der Waals surface area contributed by atoms with Gasteiger partial charge >= 0.3 is 6.03 Å². The molecule has 0 heterocycles. The molecule has 0 fully saturated rings. The molecule has 0 bridgehead atoms. The summed E-state index contributed by atoms with van der Waals surface area (Å²) in [6.45, 7) is 5.53. The standard InChI is InChI=1S/C2H8N2.4C2H4O2.CH4N2O/c3-1-2-4;4*1-2(3)4;2-1(3)4/h1-4H2;4*1H3,(H,3,4);(H4,2,3,4). The number of carbonyl (C=O) groups excluding carboxylic acids is 1. The second-order valence-electron chi connectivity index (χ2n) is 3.06. The van der Waals surface area contributed by atoms with Gasteiger partial charge in [-0.05, 0) is 0 Å². The lowest BCUT2D eigenvalue weighted by atomic mass is 10.7. The highest BCUT2D eigenvalue weighted by atomic mass is 16.4. The first-order valence-corrected chi connectivity index (χ1v) is 5.81. The van der Waals surface area contributed by atoms with E-state index in [0.29, 0.717) is 13.1 Å².